The van der Waals surface area contributed by atoms with E-state index in [2.05, 4.69) is 10.6 Å². The summed E-state index contributed by atoms with van der Waals surface area (Å²) in [5, 5.41) is 4.81. The Morgan fingerprint density at radius 1 is 1.44 bits per heavy atom. The number of hydrogen-bond donors (Lipinski definition) is 2. The molecule has 2 N–H and O–H groups in total. The average Bonchev–Trinajstić information content (AvgIpc) is 2.86. The van der Waals surface area contributed by atoms with Crippen LogP contribution in [0.2, 0.25) is 0 Å². The fraction of sp³-hybridized carbons (Fsp3) is 0.417. The highest BCUT2D eigenvalue weighted by Gasteiger charge is 2.16. The van der Waals surface area contributed by atoms with Crippen LogP contribution in [0.5, 0.6) is 0 Å². The van der Waals surface area contributed by atoms with Gasteiger partial charge in [-0.1, -0.05) is 6.07 Å². The van der Waals surface area contributed by atoms with Crippen LogP contribution in [-0.4, -0.2) is 25.3 Å². The summed E-state index contributed by atoms with van der Waals surface area (Å²) in [5.41, 5.74) is -0.181. The molecule has 1 atom stereocenters. The van der Waals surface area contributed by atoms with Crippen molar-refractivity contribution in [2.75, 3.05) is 18.5 Å². The Hall–Kier alpha value is -1.69. The summed E-state index contributed by atoms with van der Waals surface area (Å²) in [7, 11) is 0. The van der Waals surface area contributed by atoms with E-state index in [1.165, 1.54) is 12.1 Å². The maximum absolute atomic E-state index is 13.3. The van der Waals surface area contributed by atoms with Gasteiger partial charge in [0.25, 0.3) is 0 Å². The van der Waals surface area contributed by atoms with Gasteiger partial charge in [-0.25, -0.2) is 13.6 Å². The number of ether oxygens (including phenoxy) is 1. The number of rotatable bonds is 3. The predicted molar refractivity (Wildman–Crippen MR) is 62.4 cm³/mol. The Bertz CT molecular complexity index is 434. The first-order valence-corrected chi connectivity index (χ1v) is 5.77. The maximum Gasteiger partial charge on any atom is 0.319 e. The molecule has 1 heterocycles. The number of amides is 2. The van der Waals surface area contributed by atoms with Crippen molar-refractivity contribution >= 4 is 11.7 Å². The van der Waals surface area contributed by atoms with Crippen LogP contribution < -0.4 is 10.6 Å². The third kappa shape index (κ3) is 3.16. The molecule has 0 spiro atoms. The topological polar surface area (TPSA) is 50.4 Å². The van der Waals surface area contributed by atoms with Gasteiger partial charge in [0, 0.05) is 13.2 Å². The first kappa shape index (κ1) is 12.8. The molecular weight excluding hydrogens is 242 g/mol. The van der Waals surface area contributed by atoms with Crippen molar-refractivity contribution in [2.45, 2.75) is 18.9 Å². The highest BCUT2D eigenvalue weighted by atomic mass is 19.2. The molecule has 1 aliphatic heterocycles. The van der Waals surface area contributed by atoms with Crippen molar-refractivity contribution in [2.24, 2.45) is 0 Å². The lowest BCUT2D eigenvalue weighted by Crippen LogP contribution is -2.35. The van der Waals surface area contributed by atoms with Crippen molar-refractivity contribution in [1.29, 1.82) is 0 Å². The smallest absolute Gasteiger partial charge is 0.319 e. The van der Waals surface area contributed by atoms with Crippen LogP contribution in [0.1, 0.15) is 12.8 Å². The first-order valence-electron chi connectivity index (χ1n) is 5.77. The molecule has 2 amide bonds. The van der Waals surface area contributed by atoms with Crippen LogP contribution in [0.15, 0.2) is 18.2 Å². The summed E-state index contributed by atoms with van der Waals surface area (Å²) in [6, 6.07) is 3.04. The van der Waals surface area contributed by atoms with E-state index < -0.39 is 17.7 Å². The van der Waals surface area contributed by atoms with Crippen LogP contribution >= 0.6 is 0 Å². The van der Waals surface area contributed by atoms with Crippen molar-refractivity contribution < 1.29 is 18.3 Å². The second-order valence-electron chi connectivity index (χ2n) is 4.07. The SMILES string of the molecule is O=C(NCC1CCCO1)Nc1cccc(F)c1F. The van der Waals surface area contributed by atoms with Crippen LogP contribution in [0.4, 0.5) is 19.3 Å². The average molecular weight is 256 g/mol. The quantitative estimate of drug-likeness (QED) is 0.871. The zero-order chi connectivity index (χ0) is 13.0. The summed E-state index contributed by atoms with van der Waals surface area (Å²) < 4.78 is 31.5. The van der Waals surface area contributed by atoms with Gasteiger partial charge in [-0.05, 0) is 25.0 Å². The standard InChI is InChI=1S/C12H14F2N2O2/c13-9-4-1-5-10(11(9)14)16-12(17)15-7-8-3-2-6-18-8/h1,4-5,8H,2-3,6-7H2,(H2,15,16,17). The molecule has 98 valence electrons. The molecule has 18 heavy (non-hydrogen) atoms. The first-order chi connectivity index (χ1) is 8.66. The van der Waals surface area contributed by atoms with E-state index in [1.807, 2.05) is 0 Å². The largest absolute Gasteiger partial charge is 0.376 e. The minimum Gasteiger partial charge on any atom is -0.376 e. The Balaban J connectivity index is 1.84. The van der Waals surface area contributed by atoms with Gasteiger partial charge >= 0.3 is 6.03 Å². The number of hydrogen-bond acceptors (Lipinski definition) is 2. The van der Waals surface area contributed by atoms with Gasteiger partial charge in [-0.2, -0.15) is 0 Å². The highest BCUT2D eigenvalue weighted by Crippen LogP contribution is 2.16. The van der Waals surface area contributed by atoms with Crippen molar-refractivity contribution in [3.63, 3.8) is 0 Å². The number of benzene rings is 1. The van der Waals surface area contributed by atoms with Crippen LogP contribution in [0.25, 0.3) is 0 Å². The van der Waals surface area contributed by atoms with Gasteiger partial charge in [-0.15, -0.1) is 0 Å². The molecule has 1 aliphatic rings. The van der Waals surface area contributed by atoms with Crippen molar-refractivity contribution in [1.82, 2.24) is 5.32 Å². The van der Waals surface area contributed by atoms with Crippen LogP contribution in [0, 0.1) is 11.6 Å². The lowest BCUT2D eigenvalue weighted by atomic mass is 10.2. The number of carbonyl (C=O) groups is 1. The molecule has 0 bridgehead atoms. The van der Waals surface area contributed by atoms with Gasteiger partial charge < -0.3 is 15.4 Å². The Morgan fingerprint density at radius 2 is 2.28 bits per heavy atom. The fourth-order valence-electron chi connectivity index (χ4n) is 1.78. The van der Waals surface area contributed by atoms with E-state index in [0.29, 0.717) is 13.2 Å². The van der Waals surface area contributed by atoms with Crippen LogP contribution in [0.3, 0.4) is 0 Å². The number of nitrogens with one attached hydrogen (secondary N) is 2. The lowest BCUT2D eigenvalue weighted by molar-refractivity contribution is 0.112. The summed E-state index contributed by atoms with van der Waals surface area (Å²) in [5.74, 6) is -2.06. The van der Waals surface area contributed by atoms with E-state index in [0.717, 1.165) is 18.9 Å². The Morgan fingerprint density at radius 3 is 3.00 bits per heavy atom. The molecule has 2 rings (SSSR count). The van der Waals surface area contributed by atoms with Gasteiger partial charge in [0.15, 0.2) is 11.6 Å². The second-order valence-corrected chi connectivity index (χ2v) is 4.07. The molecule has 1 unspecified atom stereocenters. The summed E-state index contributed by atoms with van der Waals surface area (Å²) in [6.45, 7) is 1.06. The zero-order valence-electron chi connectivity index (χ0n) is 9.71. The molecule has 0 radical (unpaired) electrons. The molecule has 0 aromatic heterocycles. The third-order valence-corrected chi connectivity index (χ3v) is 2.71. The maximum atomic E-state index is 13.3. The monoisotopic (exact) mass is 256 g/mol. The van der Waals surface area contributed by atoms with Gasteiger partial charge in [0.05, 0.1) is 11.8 Å². The van der Waals surface area contributed by atoms with E-state index in [-0.39, 0.29) is 11.8 Å². The molecule has 0 aliphatic carbocycles. The van der Waals surface area contributed by atoms with Gasteiger partial charge in [0.1, 0.15) is 0 Å². The predicted octanol–water partition coefficient (Wildman–Crippen LogP) is 2.27. The number of carbonyl (C=O) groups excluding carboxylic acids is 1. The van der Waals surface area contributed by atoms with E-state index in [1.54, 1.807) is 0 Å². The molecule has 1 aromatic rings. The molecular formula is C12H14F2N2O2. The molecule has 1 aromatic carbocycles. The molecule has 4 nitrogen and oxygen atoms in total. The molecule has 1 saturated heterocycles. The summed E-state index contributed by atoms with van der Waals surface area (Å²) in [4.78, 5) is 11.5. The molecule has 1 fully saturated rings. The number of urea groups is 1. The third-order valence-electron chi connectivity index (χ3n) is 2.71. The van der Waals surface area contributed by atoms with Crippen molar-refractivity contribution in [3.05, 3.63) is 29.8 Å². The summed E-state index contributed by atoms with van der Waals surface area (Å²) in [6.07, 6.45) is 1.88. The minimum absolute atomic E-state index is 0.00751. The number of anilines is 1. The van der Waals surface area contributed by atoms with Crippen LogP contribution in [-0.2, 0) is 4.74 Å². The van der Waals surface area contributed by atoms with Gasteiger partial charge in [0.2, 0.25) is 0 Å². The Kier molecular flexibility index (Phi) is 4.09. The fourth-order valence-corrected chi connectivity index (χ4v) is 1.78. The lowest BCUT2D eigenvalue weighted by Gasteiger charge is -2.12. The second kappa shape index (κ2) is 5.77. The molecule has 6 heteroatoms. The van der Waals surface area contributed by atoms with E-state index in [4.69, 9.17) is 4.74 Å². The highest BCUT2D eigenvalue weighted by molar-refractivity contribution is 5.89. The molecule has 0 saturated carbocycles. The summed E-state index contributed by atoms with van der Waals surface area (Å²) >= 11 is 0. The number of halogens is 2. The van der Waals surface area contributed by atoms with Crippen molar-refractivity contribution in [3.8, 4) is 0 Å². The van der Waals surface area contributed by atoms with E-state index >= 15 is 0 Å². The zero-order valence-corrected chi connectivity index (χ0v) is 9.71. The normalized spacial score (nSPS) is 18.7. The van der Waals surface area contributed by atoms with E-state index in [9.17, 15) is 13.6 Å². The van der Waals surface area contributed by atoms with Gasteiger partial charge in [-0.3, -0.25) is 0 Å². The minimum atomic E-state index is -1.07. The Labute approximate surface area is 103 Å².